The van der Waals surface area contributed by atoms with Gasteiger partial charge in [0.25, 0.3) is 0 Å². The van der Waals surface area contributed by atoms with Crippen molar-refractivity contribution >= 4 is 5.91 Å². The quantitative estimate of drug-likeness (QED) is 0.839. The van der Waals surface area contributed by atoms with Crippen LogP contribution in [0.15, 0.2) is 30.3 Å². The summed E-state index contributed by atoms with van der Waals surface area (Å²) in [6, 6.07) is 10.2. The van der Waals surface area contributed by atoms with Crippen molar-refractivity contribution in [2.24, 2.45) is 5.73 Å². The molecule has 0 aliphatic rings. The number of hydrogen-bond acceptors (Lipinski definition) is 2. The first-order valence-corrected chi connectivity index (χ1v) is 6.32. The zero-order valence-electron chi connectivity index (χ0n) is 11.8. The molecule has 18 heavy (non-hydrogen) atoms. The van der Waals surface area contributed by atoms with Crippen LogP contribution in [0.1, 0.15) is 39.7 Å². The number of hydrogen-bond donors (Lipinski definition) is 2. The minimum atomic E-state index is -0.457. The monoisotopic (exact) mass is 248 g/mol. The number of carbonyl (C=O) groups excluding carboxylic acids is 1. The fourth-order valence-corrected chi connectivity index (χ4v) is 1.79. The van der Waals surface area contributed by atoms with Gasteiger partial charge in [-0.15, -0.1) is 0 Å². The van der Waals surface area contributed by atoms with Crippen LogP contribution in [0.3, 0.4) is 0 Å². The standard InChI is InChI=1S/C15H24N2O/c1-14(2,12-8-6-5-7-9-12)11-17-13(18)10-15(3,4)16/h5-9H,10-11,16H2,1-4H3,(H,17,18). The van der Waals surface area contributed by atoms with E-state index in [0.717, 1.165) is 0 Å². The third kappa shape index (κ3) is 4.88. The molecule has 0 fully saturated rings. The van der Waals surface area contributed by atoms with Gasteiger partial charge in [-0.2, -0.15) is 0 Å². The Labute approximate surface area is 110 Å². The Morgan fingerprint density at radius 3 is 2.22 bits per heavy atom. The third-order valence-corrected chi connectivity index (χ3v) is 2.90. The molecule has 1 aromatic carbocycles. The van der Waals surface area contributed by atoms with Crippen LogP contribution in [-0.4, -0.2) is 18.0 Å². The summed E-state index contributed by atoms with van der Waals surface area (Å²) in [6.07, 6.45) is 0.345. The van der Waals surface area contributed by atoms with Gasteiger partial charge in [0.05, 0.1) is 0 Å². The lowest BCUT2D eigenvalue weighted by Gasteiger charge is -2.26. The van der Waals surface area contributed by atoms with Gasteiger partial charge in [0.2, 0.25) is 5.91 Å². The third-order valence-electron chi connectivity index (χ3n) is 2.90. The molecule has 0 radical (unpaired) electrons. The van der Waals surface area contributed by atoms with E-state index in [-0.39, 0.29) is 11.3 Å². The highest BCUT2D eigenvalue weighted by molar-refractivity contribution is 5.77. The number of amides is 1. The van der Waals surface area contributed by atoms with Crippen LogP contribution in [0, 0.1) is 0 Å². The fourth-order valence-electron chi connectivity index (χ4n) is 1.79. The first-order valence-electron chi connectivity index (χ1n) is 6.32. The average Bonchev–Trinajstić information content (AvgIpc) is 2.26. The van der Waals surface area contributed by atoms with Crippen LogP contribution in [-0.2, 0) is 10.2 Å². The van der Waals surface area contributed by atoms with Crippen molar-refractivity contribution in [1.29, 1.82) is 0 Å². The van der Waals surface area contributed by atoms with Crippen molar-refractivity contribution in [2.45, 2.75) is 45.1 Å². The summed E-state index contributed by atoms with van der Waals surface area (Å²) in [4.78, 5) is 11.7. The number of nitrogens with two attached hydrogens (primary N) is 1. The second-order valence-electron chi connectivity index (χ2n) is 6.19. The van der Waals surface area contributed by atoms with Gasteiger partial charge < -0.3 is 11.1 Å². The van der Waals surface area contributed by atoms with Gasteiger partial charge in [-0.25, -0.2) is 0 Å². The molecule has 100 valence electrons. The Morgan fingerprint density at radius 1 is 1.17 bits per heavy atom. The highest BCUT2D eigenvalue weighted by atomic mass is 16.1. The van der Waals surface area contributed by atoms with Crippen LogP contribution in [0.5, 0.6) is 0 Å². The maximum Gasteiger partial charge on any atom is 0.221 e. The summed E-state index contributed by atoms with van der Waals surface area (Å²) < 4.78 is 0. The summed E-state index contributed by atoms with van der Waals surface area (Å²) in [7, 11) is 0. The van der Waals surface area contributed by atoms with Crippen LogP contribution in [0.4, 0.5) is 0 Å². The van der Waals surface area contributed by atoms with Crippen molar-refractivity contribution < 1.29 is 4.79 Å². The highest BCUT2D eigenvalue weighted by Crippen LogP contribution is 2.21. The van der Waals surface area contributed by atoms with Gasteiger partial charge in [0.15, 0.2) is 0 Å². The van der Waals surface area contributed by atoms with Gasteiger partial charge >= 0.3 is 0 Å². The van der Waals surface area contributed by atoms with Crippen LogP contribution >= 0.6 is 0 Å². The zero-order valence-corrected chi connectivity index (χ0v) is 11.8. The Balaban J connectivity index is 2.55. The van der Waals surface area contributed by atoms with E-state index in [4.69, 9.17) is 5.73 Å². The minimum Gasteiger partial charge on any atom is -0.355 e. The number of nitrogens with one attached hydrogen (secondary N) is 1. The molecule has 0 saturated heterocycles. The molecule has 0 aliphatic heterocycles. The van der Waals surface area contributed by atoms with Gasteiger partial charge in [-0.05, 0) is 19.4 Å². The minimum absolute atomic E-state index is 0.00602. The Kier molecular flexibility index (Phi) is 4.52. The van der Waals surface area contributed by atoms with Crippen LogP contribution in [0.2, 0.25) is 0 Å². The normalized spacial score (nSPS) is 12.3. The van der Waals surface area contributed by atoms with E-state index in [1.54, 1.807) is 0 Å². The fraction of sp³-hybridized carbons (Fsp3) is 0.533. The number of rotatable bonds is 5. The first kappa shape index (κ1) is 14.7. The number of carbonyl (C=O) groups is 1. The highest BCUT2D eigenvalue weighted by Gasteiger charge is 2.22. The van der Waals surface area contributed by atoms with E-state index < -0.39 is 5.54 Å². The number of benzene rings is 1. The molecular formula is C15H24N2O. The Hall–Kier alpha value is -1.35. The lowest BCUT2D eigenvalue weighted by atomic mass is 9.84. The SMILES string of the molecule is CC(C)(N)CC(=O)NCC(C)(C)c1ccccc1. The molecule has 3 nitrogen and oxygen atoms in total. The van der Waals surface area contributed by atoms with Crippen molar-refractivity contribution in [2.75, 3.05) is 6.54 Å². The maximum atomic E-state index is 11.7. The van der Waals surface area contributed by atoms with E-state index >= 15 is 0 Å². The molecule has 1 aromatic rings. The molecule has 0 heterocycles. The topological polar surface area (TPSA) is 55.1 Å². The Bertz CT molecular complexity index is 391. The maximum absolute atomic E-state index is 11.7. The molecule has 0 spiro atoms. The molecule has 0 unspecified atom stereocenters. The average molecular weight is 248 g/mol. The summed E-state index contributed by atoms with van der Waals surface area (Å²) in [5, 5.41) is 2.96. The van der Waals surface area contributed by atoms with Crippen molar-refractivity contribution in [3.8, 4) is 0 Å². The predicted octanol–water partition coefficient (Wildman–Crippen LogP) is 2.21. The van der Waals surface area contributed by atoms with E-state index in [1.165, 1.54) is 5.56 Å². The van der Waals surface area contributed by atoms with E-state index in [2.05, 4.69) is 31.3 Å². The second-order valence-corrected chi connectivity index (χ2v) is 6.19. The molecule has 1 amide bonds. The van der Waals surface area contributed by atoms with Gasteiger partial charge in [0.1, 0.15) is 0 Å². The second kappa shape index (κ2) is 5.53. The lowest BCUT2D eigenvalue weighted by Crippen LogP contribution is -2.42. The van der Waals surface area contributed by atoms with Crippen LogP contribution in [0.25, 0.3) is 0 Å². The molecule has 0 saturated carbocycles. The van der Waals surface area contributed by atoms with Crippen LogP contribution < -0.4 is 11.1 Å². The molecule has 0 aromatic heterocycles. The van der Waals surface area contributed by atoms with Crippen molar-refractivity contribution in [3.05, 3.63) is 35.9 Å². The van der Waals surface area contributed by atoms with E-state index in [1.807, 2.05) is 32.0 Å². The largest absolute Gasteiger partial charge is 0.355 e. The van der Waals surface area contributed by atoms with Gasteiger partial charge in [-0.3, -0.25) is 4.79 Å². The summed E-state index contributed by atoms with van der Waals surface area (Å²) in [5.41, 5.74) is 6.51. The molecular weight excluding hydrogens is 224 g/mol. The molecule has 0 bridgehead atoms. The summed E-state index contributed by atoms with van der Waals surface area (Å²) in [5.74, 6) is 0.00602. The Morgan fingerprint density at radius 2 is 1.72 bits per heavy atom. The van der Waals surface area contributed by atoms with E-state index in [0.29, 0.717) is 13.0 Å². The summed E-state index contributed by atoms with van der Waals surface area (Å²) in [6.45, 7) is 8.57. The van der Waals surface area contributed by atoms with Crippen molar-refractivity contribution in [3.63, 3.8) is 0 Å². The van der Waals surface area contributed by atoms with Crippen molar-refractivity contribution in [1.82, 2.24) is 5.32 Å². The smallest absolute Gasteiger partial charge is 0.221 e. The van der Waals surface area contributed by atoms with Gasteiger partial charge in [-0.1, -0.05) is 44.2 Å². The van der Waals surface area contributed by atoms with Gasteiger partial charge in [0, 0.05) is 23.9 Å². The lowest BCUT2D eigenvalue weighted by molar-refractivity contribution is -0.122. The molecule has 1 rings (SSSR count). The first-order chi connectivity index (χ1) is 8.21. The molecule has 0 atom stereocenters. The predicted molar refractivity (Wildman–Crippen MR) is 75.4 cm³/mol. The summed E-state index contributed by atoms with van der Waals surface area (Å²) >= 11 is 0. The molecule has 3 heteroatoms. The zero-order chi connectivity index (χ0) is 13.8. The molecule has 0 aliphatic carbocycles. The molecule has 3 N–H and O–H groups in total. The van der Waals surface area contributed by atoms with E-state index in [9.17, 15) is 4.79 Å².